The SMILES string of the molecule is O=C1OC2(CCCN(C(=O)c3ccc(Cl)s3)C2)c2ccccc21. The predicted molar refractivity (Wildman–Crippen MR) is 88.0 cm³/mol. The minimum atomic E-state index is -0.706. The van der Waals surface area contributed by atoms with Crippen LogP contribution in [0.15, 0.2) is 36.4 Å². The molecular formula is C17H14ClNO3S. The molecule has 4 nitrogen and oxygen atoms in total. The number of carbonyl (C=O) groups excluding carboxylic acids is 2. The largest absolute Gasteiger partial charge is 0.449 e. The van der Waals surface area contributed by atoms with Crippen molar-refractivity contribution < 1.29 is 14.3 Å². The lowest BCUT2D eigenvalue weighted by atomic mass is 9.85. The molecule has 0 aliphatic carbocycles. The number of esters is 1. The van der Waals surface area contributed by atoms with E-state index in [4.69, 9.17) is 16.3 Å². The molecule has 118 valence electrons. The highest BCUT2D eigenvalue weighted by molar-refractivity contribution is 7.17. The summed E-state index contributed by atoms with van der Waals surface area (Å²) in [6, 6.07) is 10.9. The Hall–Kier alpha value is -1.85. The predicted octanol–water partition coefficient (Wildman–Crippen LogP) is 3.70. The average molecular weight is 348 g/mol. The molecule has 1 atom stereocenters. The first-order valence-electron chi connectivity index (χ1n) is 7.46. The fourth-order valence-electron chi connectivity index (χ4n) is 3.43. The van der Waals surface area contributed by atoms with Gasteiger partial charge in [-0.25, -0.2) is 4.79 Å². The quantitative estimate of drug-likeness (QED) is 0.739. The van der Waals surface area contributed by atoms with E-state index < -0.39 is 5.60 Å². The standard InChI is InChI=1S/C17H14ClNO3S/c18-14-7-6-13(23-14)15(20)19-9-3-8-17(10-19)12-5-2-1-4-11(12)16(21)22-17/h1-2,4-7H,3,8-10H2. The maximum absolute atomic E-state index is 12.7. The van der Waals surface area contributed by atoms with Crippen LogP contribution in [0.25, 0.3) is 0 Å². The number of benzene rings is 1. The number of thiophene rings is 1. The van der Waals surface area contributed by atoms with Crippen molar-refractivity contribution in [3.05, 3.63) is 56.7 Å². The lowest BCUT2D eigenvalue weighted by Crippen LogP contribution is -2.48. The number of carbonyl (C=O) groups is 2. The minimum Gasteiger partial charge on any atom is -0.449 e. The number of piperidine rings is 1. The summed E-state index contributed by atoms with van der Waals surface area (Å²) in [4.78, 5) is 27.2. The number of halogens is 1. The van der Waals surface area contributed by atoms with Crippen LogP contribution >= 0.6 is 22.9 Å². The van der Waals surface area contributed by atoms with Gasteiger partial charge in [0, 0.05) is 12.1 Å². The van der Waals surface area contributed by atoms with Crippen molar-refractivity contribution in [1.29, 1.82) is 0 Å². The Kier molecular flexibility index (Phi) is 3.43. The zero-order valence-electron chi connectivity index (χ0n) is 12.3. The van der Waals surface area contributed by atoms with Crippen molar-refractivity contribution in [3.63, 3.8) is 0 Å². The van der Waals surface area contributed by atoms with Crippen molar-refractivity contribution in [3.8, 4) is 0 Å². The minimum absolute atomic E-state index is 0.0543. The van der Waals surface area contributed by atoms with Crippen LogP contribution in [0.5, 0.6) is 0 Å². The molecule has 2 aliphatic rings. The molecule has 1 aromatic heterocycles. The summed E-state index contributed by atoms with van der Waals surface area (Å²) < 4.78 is 6.32. The molecule has 23 heavy (non-hydrogen) atoms. The fraction of sp³-hybridized carbons (Fsp3) is 0.294. The summed E-state index contributed by atoms with van der Waals surface area (Å²) in [6.07, 6.45) is 1.54. The Bertz CT molecular complexity index is 803. The van der Waals surface area contributed by atoms with Crippen molar-refractivity contribution in [1.82, 2.24) is 4.90 Å². The number of amides is 1. The van der Waals surface area contributed by atoms with Gasteiger partial charge in [-0.2, -0.15) is 0 Å². The van der Waals surface area contributed by atoms with E-state index in [9.17, 15) is 9.59 Å². The molecule has 3 heterocycles. The molecule has 6 heteroatoms. The molecule has 0 N–H and O–H groups in total. The number of hydrogen-bond acceptors (Lipinski definition) is 4. The normalized spacial score (nSPS) is 23.0. The third-order valence-electron chi connectivity index (χ3n) is 4.45. The first kappa shape index (κ1) is 14.7. The Morgan fingerprint density at radius 2 is 2.09 bits per heavy atom. The van der Waals surface area contributed by atoms with E-state index in [-0.39, 0.29) is 11.9 Å². The molecule has 0 radical (unpaired) electrons. The maximum Gasteiger partial charge on any atom is 0.339 e. The van der Waals surface area contributed by atoms with Crippen LogP contribution in [0, 0.1) is 0 Å². The lowest BCUT2D eigenvalue weighted by molar-refractivity contribution is -0.0441. The van der Waals surface area contributed by atoms with Crippen LogP contribution in [-0.2, 0) is 10.3 Å². The van der Waals surface area contributed by atoms with Gasteiger partial charge in [0.25, 0.3) is 5.91 Å². The highest BCUT2D eigenvalue weighted by Gasteiger charge is 2.48. The second-order valence-corrected chi connectivity index (χ2v) is 7.58. The molecule has 2 aliphatic heterocycles. The molecule has 1 aromatic carbocycles. The number of fused-ring (bicyclic) bond motifs is 2. The average Bonchev–Trinajstić information content (AvgIpc) is 3.10. The van der Waals surface area contributed by atoms with Crippen LogP contribution in [0.1, 0.15) is 38.4 Å². The highest BCUT2D eigenvalue weighted by Crippen LogP contribution is 2.43. The number of nitrogens with zero attached hydrogens (tertiary/aromatic N) is 1. The van der Waals surface area contributed by atoms with E-state index in [0.717, 1.165) is 18.4 Å². The fourth-order valence-corrected chi connectivity index (χ4v) is 4.44. The van der Waals surface area contributed by atoms with Crippen LogP contribution in [-0.4, -0.2) is 29.9 Å². The molecule has 1 fully saturated rings. The zero-order chi connectivity index (χ0) is 16.0. The zero-order valence-corrected chi connectivity index (χ0v) is 13.8. The number of hydrogen-bond donors (Lipinski definition) is 0. The van der Waals surface area contributed by atoms with Gasteiger partial charge < -0.3 is 9.64 Å². The summed E-state index contributed by atoms with van der Waals surface area (Å²) in [6.45, 7) is 1.06. The maximum atomic E-state index is 12.7. The summed E-state index contributed by atoms with van der Waals surface area (Å²) >= 11 is 7.20. The molecule has 0 bridgehead atoms. The lowest BCUT2D eigenvalue weighted by Gasteiger charge is -2.39. The number of likely N-dealkylation sites (tertiary alicyclic amines) is 1. The Labute approximate surface area is 142 Å². The third kappa shape index (κ3) is 2.35. The van der Waals surface area contributed by atoms with Gasteiger partial charge in [-0.05, 0) is 31.0 Å². The van der Waals surface area contributed by atoms with E-state index in [1.807, 2.05) is 18.2 Å². The molecule has 4 rings (SSSR count). The second-order valence-electron chi connectivity index (χ2n) is 5.86. The molecule has 1 unspecified atom stereocenters. The Morgan fingerprint density at radius 3 is 2.87 bits per heavy atom. The van der Waals surface area contributed by atoms with E-state index >= 15 is 0 Å². The molecule has 1 saturated heterocycles. The van der Waals surface area contributed by atoms with Crippen molar-refractivity contribution in [2.24, 2.45) is 0 Å². The topological polar surface area (TPSA) is 46.6 Å². The van der Waals surface area contributed by atoms with Gasteiger partial charge in [-0.15, -0.1) is 11.3 Å². The van der Waals surface area contributed by atoms with Gasteiger partial charge >= 0.3 is 5.97 Å². The van der Waals surface area contributed by atoms with Crippen molar-refractivity contribution in [2.45, 2.75) is 18.4 Å². The summed E-state index contributed by atoms with van der Waals surface area (Å²) in [5.74, 6) is -0.351. The van der Waals surface area contributed by atoms with E-state index in [2.05, 4.69) is 0 Å². The van der Waals surface area contributed by atoms with Gasteiger partial charge in [-0.1, -0.05) is 29.8 Å². The Morgan fingerprint density at radius 1 is 1.26 bits per heavy atom. The van der Waals surface area contributed by atoms with Crippen molar-refractivity contribution >= 4 is 34.8 Å². The molecular weight excluding hydrogens is 334 g/mol. The molecule has 1 amide bonds. The van der Waals surface area contributed by atoms with Gasteiger partial charge in [0.15, 0.2) is 5.60 Å². The first-order chi connectivity index (χ1) is 11.1. The number of ether oxygens (including phenoxy) is 1. The highest BCUT2D eigenvalue weighted by atomic mass is 35.5. The first-order valence-corrected chi connectivity index (χ1v) is 8.66. The summed E-state index contributed by atoms with van der Waals surface area (Å²) in [5.41, 5.74) is 0.801. The monoisotopic (exact) mass is 347 g/mol. The van der Waals surface area contributed by atoms with E-state index in [0.29, 0.717) is 27.9 Å². The van der Waals surface area contributed by atoms with E-state index in [1.54, 1.807) is 23.1 Å². The van der Waals surface area contributed by atoms with Gasteiger partial charge in [0.05, 0.1) is 21.3 Å². The smallest absolute Gasteiger partial charge is 0.339 e. The van der Waals surface area contributed by atoms with Gasteiger partial charge in [0.1, 0.15) is 0 Å². The van der Waals surface area contributed by atoms with E-state index in [1.165, 1.54) is 11.3 Å². The summed E-state index contributed by atoms with van der Waals surface area (Å²) in [5, 5.41) is 0. The van der Waals surface area contributed by atoms with Crippen LogP contribution in [0.2, 0.25) is 4.34 Å². The van der Waals surface area contributed by atoms with Gasteiger partial charge in [0.2, 0.25) is 0 Å². The van der Waals surface area contributed by atoms with Crippen molar-refractivity contribution in [2.75, 3.05) is 13.1 Å². The van der Waals surface area contributed by atoms with Crippen LogP contribution in [0.4, 0.5) is 0 Å². The van der Waals surface area contributed by atoms with Gasteiger partial charge in [-0.3, -0.25) is 4.79 Å². The molecule has 2 aromatic rings. The molecule has 0 saturated carbocycles. The summed E-state index contributed by atoms with van der Waals surface area (Å²) in [7, 11) is 0. The number of rotatable bonds is 1. The van der Waals surface area contributed by atoms with Crippen LogP contribution in [0.3, 0.4) is 0 Å². The second kappa shape index (κ2) is 5.35. The van der Waals surface area contributed by atoms with Crippen LogP contribution < -0.4 is 0 Å². The Balaban J connectivity index is 1.66. The molecule has 1 spiro atoms. The third-order valence-corrected chi connectivity index (χ3v) is 5.67.